The van der Waals surface area contributed by atoms with E-state index in [1.165, 1.54) is 0 Å². The molecule has 0 saturated carbocycles. The predicted molar refractivity (Wildman–Crippen MR) is 58.2 cm³/mol. The molecular weight excluding hydrogens is 246 g/mol. The molecule has 0 saturated heterocycles. The Bertz CT molecular complexity index is 487. The van der Waals surface area contributed by atoms with Crippen molar-refractivity contribution in [2.75, 3.05) is 12.8 Å². The smallest absolute Gasteiger partial charge is 0.199 e. The van der Waals surface area contributed by atoms with E-state index < -0.39 is 0 Å². The molecule has 0 radical (unpaired) electrons. The Labute approximate surface area is 89.2 Å². The van der Waals surface area contributed by atoms with E-state index in [0.29, 0.717) is 16.3 Å². The molecular formula is C9H8BrN3O. The molecule has 0 aliphatic carbocycles. The van der Waals surface area contributed by atoms with Crippen molar-refractivity contribution in [2.45, 2.75) is 0 Å². The average Bonchev–Trinajstić information content (AvgIpc) is 2.16. The molecule has 1 heterocycles. The molecule has 0 spiro atoms. The van der Waals surface area contributed by atoms with Gasteiger partial charge in [0.05, 0.1) is 18.0 Å². The molecule has 2 rings (SSSR count). The van der Waals surface area contributed by atoms with Gasteiger partial charge in [0.15, 0.2) is 4.73 Å². The van der Waals surface area contributed by atoms with Crippen LogP contribution in [0.2, 0.25) is 0 Å². The van der Waals surface area contributed by atoms with Crippen LogP contribution >= 0.6 is 15.9 Å². The molecule has 14 heavy (non-hydrogen) atoms. The maximum absolute atomic E-state index is 5.77. The summed E-state index contributed by atoms with van der Waals surface area (Å²) < 4.78 is 5.66. The number of benzene rings is 1. The fraction of sp³-hybridized carbons (Fsp3) is 0.111. The molecule has 4 nitrogen and oxygen atoms in total. The number of rotatable bonds is 1. The van der Waals surface area contributed by atoms with Crippen LogP contribution in [0.3, 0.4) is 0 Å². The Morgan fingerprint density at radius 3 is 2.86 bits per heavy atom. The van der Waals surface area contributed by atoms with Crippen LogP contribution < -0.4 is 10.5 Å². The maximum Gasteiger partial charge on any atom is 0.199 e. The Morgan fingerprint density at radius 1 is 1.36 bits per heavy atom. The second-order valence-electron chi connectivity index (χ2n) is 2.73. The number of aromatic nitrogens is 2. The number of nitrogens with zero attached hydrogens (tertiary/aromatic N) is 2. The van der Waals surface area contributed by atoms with Crippen molar-refractivity contribution >= 4 is 32.7 Å². The summed E-state index contributed by atoms with van der Waals surface area (Å²) in [5.74, 6) is 1.10. The summed E-state index contributed by atoms with van der Waals surface area (Å²) >= 11 is 3.19. The van der Waals surface area contributed by atoms with E-state index >= 15 is 0 Å². The molecule has 72 valence electrons. The molecule has 5 heteroatoms. The normalized spacial score (nSPS) is 10.4. The molecule has 1 aromatic heterocycles. The Hall–Kier alpha value is -1.36. The van der Waals surface area contributed by atoms with Gasteiger partial charge >= 0.3 is 0 Å². The number of halogens is 1. The van der Waals surface area contributed by atoms with Crippen LogP contribution in [-0.2, 0) is 0 Å². The first-order valence-electron chi connectivity index (χ1n) is 3.98. The lowest BCUT2D eigenvalue weighted by Crippen LogP contribution is -1.97. The number of methoxy groups -OCH3 is 1. The number of ether oxygens (including phenoxy) is 1. The second-order valence-corrected chi connectivity index (χ2v) is 3.44. The van der Waals surface area contributed by atoms with Gasteiger partial charge in [-0.2, -0.15) is 0 Å². The van der Waals surface area contributed by atoms with Gasteiger partial charge in [0.25, 0.3) is 0 Å². The van der Waals surface area contributed by atoms with E-state index in [0.717, 1.165) is 10.9 Å². The molecule has 0 amide bonds. The maximum atomic E-state index is 5.77. The van der Waals surface area contributed by atoms with Crippen molar-refractivity contribution in [3.63, 3.8) is 0 Å². The third-order valence-electron chi connectivity index (χ3n) is 1.91. The number of hydrogen-bond acceptors (Lipinski definition) is 4. The van der Waals surface area contributed by atoms with Crippen molar-refractivity contribution in [3.05, 3.63) is 22.9 Å². The van der Waals surface area contributed by atoms with Crippen molar-refractivity contribution in [3.8, 4) is 5.75 Å². The molecule has 2 aromatic rings. The lowest BCUT2D eigenvalue weighted by molar-refractivity contribution is 0.420. The van der Waals surface area contributed by atoms with Crippen LogP contribution in [0, 0.1) is 0 Å². The summed E-state index contributed by atoms with van der Waals surface area (Å²) in [6.07, 6.45) is 0. The summed E-state index contributed by atoms with van der Waals surface area (Å²) in [6.45, 7) is 0. The van der Waals surface area contributed by atoms with Crippen LogP contribution in [0.4, 0.5) is 5.82 Å². The highest BCUT2D eigenvalue weighted by atomic mass is 79.9. The van der Waals surface area contributed by atoms with Crippen LogP contribution in [0.5, 0.6) is 5.75 Å². The van der Waals surface area contributed by atoms with Gasteiger partial charge in [-0.05, 0) is 28.1 Å². The zero-order valence-electron chi connectivity index (χ0n) is 7.49. The van der Waals surface area contributed by atoms with Crippen molar-refractivity contribution < 1.29 is 4.74 Å². The minimum Gasteiger partial charge on any atom is -0.496 e. The first-order valence-corrected chi connectivity index (χ1v) is 4.77. The van der Waals surface area contributed by atoms with E-state index in [1.807, 2.05) is 18.2 Å². The Kier molecular flexibility index (Phi) is 2.25. The van der Waals surface area contributed by atoms with Gasteiger partial charge in [0, 0.05) is 0 Å². The molecule has 0 aliphatic heterocycles. The number of fused-ring (bicyclic) bond motifs is 1. The third kappa shape index (κ3) is 1.39. The lowest BCUT2D eigenvalue weighted by atomic mass is 10.2. The highest BCUT2D eigenvalue weighted by molar-refractivity contribution is 9.10. The highest BCUT2D eigenvalue weighted by Crippen LogP contribution is 2.28. The van der Waals surface area contributed by atoms with Crippen molar-refractivity contribution in [1.82, 2.24) is 9.97 Å². The predicted octanol–water partition coefficient (Wildman–Crippen LogP) is 1.98. The van der Waals surface area contributed by atoms with Crippen LogP contribution in [0.25, 0.3) is 10.9 Å². The Balaban J connectivity index is 2.87. The van der Waals surface area contributed by atoms with Gasteiger partial charge in [-0.1, -0.05) is 6.07 Å². The summed E-state index contributed by atoms with van der Waals surface area (Å²) in [7, 11) is 1.59. The third-order valence-corrected chi connectivity index (χ3v) is 2.26. The van der Waals surface area contributed by atoms with Gasteiger partial charge in [-0.25, -0.2) is 9.97 Å². The van der Waals surface area contributed by atoms with Crippen LogP contribution in [0.15, 0.2) is 22.9 Å². The van der Waals surface area contributed by atoms with E-state index in [2.05, 4.69) is 25.9 Å². The summed E-state index contributed by atoms with van der Waals surface area (Å²) in [6, 6.07) is 5.55. The quantitative estimate of drug-likeness (QED) is 0.790. The van der Waals surface area contributed by atoms with E-state index in [1.54, 1.807) is 7.11 Å². The topological polar surface area (TPSA) is 61.0 Å². The van der Waals surface area contributed by atoms with Crippen molar-refractivity contribution in [1.29, 1.82) is 0 Å². The van der Waals surface area contributed by atoms with Crippen LogP contribution in [0.1, 0.15) is 0 Å². The van der Waals surface area contributed by atoms with E-state index in [9.17, 15) is 0 Å². The van der Waals surface area contributed by atoms with Gasteiger partial charge in [-0.3, -0.25) is 0 Å². The monoisotopic (exact) mass is 253 g/mol. The number of hydrogen-bond donors (Lipinski definition) is 1. The number of nitrogens with two attached hydrogens (primary N) is 1. The van der Waals surface area contributed by atoms with E-state index in [4.69, 9.17) is 10.5 Å². The van der Waals surface area contributed by atoms with Crippen molar-refractivity contribution in [2.24, 2.45) is 0 Å². The first-order chi connectivity index (χ1) is 6.72. The van der Waals surface area contributed by atoms with Gasteiger partial charge in [0.2, 0.25) is 0 Å². The van der Waals surface area contributed by atoms with E-state index in [-0.39, 0.29) is 0 Å². The number of nitrogen functional groups attached to an aromatic ring is 1. The minimum atomic E-state index is 0.416. The number of anilines is 1. The fourth-order valence-corrected chi connectivity index (χ4v) is 1.70. The van der Waals surface area contributed by atoms with Gasteiger partial charge < -0.3 is 10.5 Å². The summed E-state index contributed by atoms with van der Waals surface area (Å²) in [5.41, 5.74) is 6.54. The lowest BCUT2D eigenvalue weighted by Gasteiger charge is -2.06. The molecule has 0 aliphatic rings. The van der Waals surface area contributed by atoms with Gasteiger partial charge in [-0.15, -0.1) is 0 Å². The highest BCUT2D eigenvalue weighted by Gasteiger charge is 2.07. The standard InChI is InChI=1S/C9H8BrN3O/c1-14-6-4-2-3-5-7(6)8(11)13-9(10)12-5/h2-4H,1H3,(H2,11,12,13). The van der Waals surface area contributed by atoms with Crippen LogP contribution in [-0.4, -0.2) is 17.1 Å². The first kappa shape index (κ1) is 9.21. The summed E-state index contributed by atoms with van der Waals surface area (Å²) in [4.78, 5) is 8.20. The molecule has 0 atom stereocenters. The molecule has 0 bridgehead atoms. The second kappa shape index (κ2) is 3.42. The van der Waals surface area contributed by atoms with Gasteiger partial charge in [0.1, 0.15) is 11.6 Å². The Morgan fingerprint density at radius 2 is 2.14 bits per heavy atom. The zero-order valence-corrected chi connectivity index (χ0v) is 9.08. The average molecular weight is 254 g/mol. The minimum absolute atomic E-state index is 0.416. The molecule has 2 N–H and O–H groups in total. The zero-order chi connectivity index (χ0) is 10.1. The molecule has 1 aromatic carbocycles. The fourth-order valence-electron chi connectivity index (χ4n) is 1.32. The molecule has 0 unspecified atom stereocenters. The molecule has 0 fully saturated rings. The SMILES string of the molecule is COc1cccc2nc(Br)nc(N)c12. The largest absolute Gasteiger partial charge is 0.496 e. The summed E-state index contributed by atoms with van der Waals surface area (Å²) in [5, 5.41) is 0.748.